The molecule has 6 heteroatoms. The molecule has 0 saturated carbocycles. The van der Waals surface area contributed by atoms with Crippen LogP contribution in [0.15, 0.2) is 18.6 Å². The highest BCUT2D eigenvalue weighted by molar-refractivity contribution is 5.90. The number of hydrogen-bond acceptors (Lipinski definition) is 5. The molecule has 0 spiro atoms. The van der Waals surface area contributed by atoms with E-state index in [9.17, 15) is 4.79 Å². The number of aryl methyl sites for hydroxylation is 1. The number of rotatable bonds is 4. The topological polar surface area (TPSA) is 69.9 Å². The summed E-state index contributed by atoms with van der Waals surface area (Å²) in [5.74, 6) is 0.289. The zero-order chi connectivity index (χ0) is 14.7. The molecule has 2 rings (SSSR count). The van der Waals surface area contributed by atoms with E-state index >= 15 is 0 Å². The number of aromatic nitrogens is 4. The van der Waals surface area contributed by atoms with Crippen LogP contribution in [0.3, 0.4) is 0 Å². The zero-order valence-corrected chi connectivity index (χ0v) is 12.1. The smallest absolute Gasteiger partial charge is 0.341 e. The van der Waals surface area contributed by atoms with Gasteiger partial charge < -0.3 is 4.74 Å². The lowest BCUT2D eigenvalue weighted by molar-refractivity contribution is 0.0523. The van der Waals surface area contributed by atoms with Crippen LogP contribution >= 0.6 is 0 Å². The van der Waals surface area contributed by atoms with Crippen molar-refractivity contribution in [1.29, 1.82) is 0 Å². The molecule has 0 aliphatic heterocycles. The first kappa shape index (κ1) is 14.2. The Balaban J connectivity index is 2.45. The first-order valence-electron chi connectivity index (χ1n) is 6.56. The van der Waals surface area contributed by atoms with E-state index in [0.717, 1.165) is 5.56 Å². The zero-order valence-electron chi connectivity index (χ0n) is 12.1. The molecule has 0 amide bonds. The van der Waals surface area contributed by atoms with Crippen molar-refractivity contribution in [2.24, 2.45) is 7.05 Å². The minimum atomic E-state index is -0.381. The molecule has 0 atom stereocenters. The van der Waals surface area contributed by atoms with E-state index < -0.39 is 0 Å². The Kier molecular flexibility index (Phi) is 4.12. The number of hydrogen-bond donors (Lipinski definition) is 0. The second-order valence-electron chi connectivity index (χ2n) is 4.77. The first-order valence-corrected chi connectivity index (χ1v) is 6.56. The van der Waals surface area contributed by atoms with Gasteiger partial charge in [0.25, 0.3) is 0 Å². The largest absolute Gasteiger partial charge is 0.462 e. The van der Waals surface area contributed by atoms with Gasteiger partial charge in [0.15, 0.2) is 5.82 Å². The Morgan fingerprint density at radius 1 is 1.40 bits per heavy atom. The van der Waals surface area contributed by atoms with Gasteiger partial charge in [0.2, 0.25) is 0 Å². The number of nitrogens with zero attached hydrogens (tertiary/aromatic N) is 4. The van der Waals surface area contributed by atoms with Crippen LogP contribution in [0.2, 0.25) is 0 Å². The highest BCUT2D eigenvalue weighted by atomic mass is 16.5. The van der Waals surface area contributed by atoms with Crippen LogP contribution in [0, 0.1) is 0 Å². The molecule has 0 N–H and O–H groups in total. The predicted molar refractivity (Wildman–Crippen MR) is 74.3 cm³/mol. The summed E-state index contributed by atoms with van der Waals surface area (Å²) in [5, 5.41) is 4.10. The van der Waals surface area contributed by atoms with Gasteiger partial charge in [0.05, 0.1) is 29.6 Å². The van der Waals surface area contributed by atoms with Crippen LogP contribution in [0.1, 0.15) is 42.7 Å². The van der Waals surface area contributed by atoms with Gasteiger partial charge in [-0.25, -0.2) is 14.8 Å². The Bertz CT molecular complexity index is 619. The van der Waals surface area contributed by atoms with Crippen molar-refractivity contribution >= 4 is 5.97 Å². The summed E-state index contributed by atoms with van der Waals surface area (Å²) in [6, 6.07) is 0. The third-order valence-electron chi connectivity index (χ3n) is 2.82. The van der Waals surface area contributed by atoms with Gasteiger partial charge in [-0.05, 0) is 12.8 Å². The highest BCUT2D eigenvalue weighted by Gasteiger charge is 2.18. The lowest BCUT2D eigenvalue weighted by Crippen LogP contribution is -2.12. The second kappa shape index (κ2) is 5.81. The average molecular weight is 274 g/mol. The van der Waals surface area contributed by atoms with E-state index in [1.807, 2.05) is 27.1 Å². The molecule has 20 heavy (non-hydrogen) atoms. The summed E-state index contributed by atoms with van der Waals surface area (Å²) in [5.41, 5.74) is 1.94. The number of carbonyl (C=O) groups excluding carboxylic acids is 1. The maximum Gasteiger partial charge on any atom is 0.341 e. The van der Waals surface area contributed by atoms with Gasteiger partial charge >= 0.3 is 5.97 Å². The summed E-state index contributed by atoms with van der Waals surface area (Å²) < 4.78 is 6.72. The van der Waals surface area contributed by atoms with E-state index in [0.29, 0.717) is 23.7 Å². The van der Waals surface area contributed by atoms with Crippen molar-refractivity contribution in [2.45, 2.75) is 26.7 Å². The summed E-state index contributed by atoms with van der Waals surface area (Å²) in [4.78, 5) is 20.6. The van der Waals surface area contributed by atoms with Gasteiger partial charge in [-0.15, -0.1) is 0 Å². The molecular weight excluding hydrogens is 256 g/mol. The Morgan fingerprint density at radius 2 is 2.15 bits per heavy atom. The van der Waals surface area contributed by atoms with Crippen LogP contribution in [-0.4, -0.2) is 32.3 Å². The molecule has 0 aliphatic carbocycles. The van der Waals surface area contributed by atoms with Crippen LogP contribution in [0.5, 0.6) is 0 Å². The summed E-state index contributed by atoms with van der Waals surface area (Å²) in [6.07, 6.45) is 5.07. The van der Waals surface area contributed by atoms with Gasteiger partial charge in [-0.3, -0.25) is 4.68 Å². The average Bonchev–Trinajstić information content (AvgIpc) is 2.85. The molecule has 0 aromatic carbocycles. The Labute approximate surface area is 117 Å². The standard InChI is InChI=1S/C14H18N4O2/c1-5-20-14(19)11-7-15-13(17-12(11)9(2)3)10-6-16-18(4)8-10/h6-9H,5H2,1-4H3. The van der Waals surface area contributed by atoms with Gasteiger partial charge in [0, 0.05) is 19.4 Å². The summed E-state index contributed by atoms with van der Waals surface area (Å²) in [7, 11) is 1.83. The summed E-state index contributed by atoms with van der Waals surface area (Å²) in [6.45, 7) is 6.08. The van der Waals surface area contributed by atoms with Crippen molar-refractivity contribution in [3.63, 3.8) is 0 Å². The molecule has 2 heterocycles. The maximum absolute atomic E-state index is 11.9. The lowest BCUT2D eigenvalue weighted by Gasteiger charge is -2.11. The SMILES string of the molecule is CCOC(=O)c1cnc(-c2cnn(C)c2)nc1C(C)C. The quantitative estimate of drug-likeness (QED) is 0.799. The summed E-state index contributed by atoms with van der Waals surface area (Å²) >= 11 is 0. The van der Waals surface area contributed by atoms with E-state index in [2.05, 4.69) is 15.1 Å². The van der Waals surface area contributed by atoms with Gasteiger partial charge in [-0.2, -0.15) is 5.10 Å². The number of esters is 1. The minimum absolute atomic E-state index is 0.104. The molecule has 2 aromatic rings. The van der Waals surface area contributed by atoms with Crippen molar-refractivity contribution in [2.75, 3.05) is 6.61 Å². The van der Waals surface area contributed by atoms with Crippen LogP contribution in [-0.2, 0) is 11.8 Å². The Hall–Kier alpha value is -2.24. The molecule has 0 aliphatic rings. The highest BCUT2D eigenvalue weighted by Crippen LogP contribution is 2.21. The van der Waals surface area contributed by atoms with Gasteiger partial charge in [-0.1, -0.05) is 13.8 Å². The normalized spacial score (nSPS) is 10.8. The fraction of sp³-hybridized carbons (Fsp3) is 0.429. The van der Waals surface area contributed by atoms with Crippen molar-refractivity contribution in [3.8, 4) is 11.4 Å². The third kappa shape index (κ3) is 2.84. The fourth-order valence-corrected chi connectivity index (χ4v) is 1.88. The van der Waals surface area contributed by atoms with Crippen molar-refractivity contribution in [1.82, 2.24) is 19.7 Å². The fourth-order valence-electron chi connectivity index (χ4n) is 1.88. The van der Waals surface area contributed by atoms with Gasteiger partial charge in [0.1, 0.15) is 0 Å². The van der Waals surface area contributed by atoms with E-state index in [1.54, 1.807) is 17.8 Å². The van der Waals surface area contributed by atoms with Crippen LogP contribution in [0.25, 0.3) is 11.4 Å². The molecule has 106 valence electrons. The Morgan fingerprint density at radius 3 is 2.70 bits per heavy atom. The van der Waals surface area contributed by atoms with E-state index in [-0.39, 0.29) is 11.9 Å². The molecule has 0 saturated heterocycles. The van der Waals surface area contributed by atoms with Crippen molar-refractivity contribution in [3.05, 3.63) is 29.8 Å². The van der Waals surface area contributed by atoms with Crippen LogP contribution in [0.4, 0.5) is 0 Å². The number of carbonyl (C=O) groups is 1. The first-order chi connectivity index (χ1) is 9.52. The minimum Gasteiger partial charge on any atom is -0.462 e. The second-order valence-corrected chi connectivity index (χ2v) is 4.77. The molecule has 0 radical (unpaired) electrons. The molecule has 0 bridgehead atoms. The van der Waals surface area contributed by atoms with E-state index in [1.165, 1.54) is 6.20 Å². The molecule has 2 aromatic heterocycles. The van der Waals surface area contributed by atoms with Crippen LogP contribution < -0.4 is 0 Å². The van der Waals surface area contributed by atoms with E-state index in [4.69, 9.17) is 4.74 Å². The predicted octanol–water partition coefficient (Wildman–Crippen LogP) is 2.18. The van der Waals surface area contributed by atoms with Crippen molar-refractivity contribution < 1.29 is 9.53 Å². The third-order valence-corrected chi connectivity index (χ3v) is 2.82. The maximum atomic E-state index is 11.9. The molecule has 6 nitrogen and oxygen atoms in total. The molecule has 0 fully saturated rings. The molecular formula is C14H18N4O2. The lowest BCUT2D eigenvalue weighted by atomic mass is 10.0. The molecule has 0 unspecified atom stereocenters. The number of ether oxygens (including phenoxy) is 1. The monoisotopic (exact) mass is 274 g/mol.